The van der Waals surface area contributed by atoms with E-state index >= 15 is 0 Å². The molecule has 3 heteroatoms. The predicted molar refractivity (Wildman–Crippen MR) is 71.9 cm³/mol. The van der Waals surface area contributed by atoms with Gasteiger partial charge in [-0.15, -0.1) is 0 Å². The molecule has 0 aromatic heterocycles. The van der Waals surface area contributed by atoms with E-state index in [0.29, 0.717) is 23.7 Å². The molecular weight excluding hydrogens is 224 g/mol. The average Bonchev–Trinajstić information content (AvgIpc) is 3.12. The molecule has 3 fully saturated rings. The summed E-state index contributed by atoms with van der Waals surface area (Å²) in [6.45, 7) is 0. The molecule has 0 bridgehead atoms. The molecule has 3 nitrogen and oxygen atoms in total. The summed E-state index contributed by atoms with van der Waals surface area (Å²) in [5.41, 5.74) is 6.18. The monoisotopic (exact) mass is 250 g/mol. The van der Waals surface area contributed by atoms with Gasteiger partial charge in [0.25, 0.3) is 0 Å². The molecule has 0 aliphatic heterocycles. The summed E-state index contributed by atoms with van der Waals surface area (Å²) in [6.07, 6.45) is 11.1. The van der Waals surface area contributed by atoms with Crippen molar-refractivity contribution in [2.45, 2.75) is 69.9 Å². The number of hydrogen-bond acceptors (Lipinski definition) is 2. The lowest BCUT2D eigenvalue weighted by Gasteiger charge is -2.22. The third-order valence-electron chi connectivity index (χ3n) is 5.36. The summed E-state index contributed by atoms with van der Waals surface area (Å²) in [6, 6.07) is 0.417. The maximum atomic E-state index is 12.3. The van der Waals surface area contributed by atoms with Crippen LogP contribution in [0.3, 0.4) is 0 Å². The minimum Gasteiger partial charge on any atom is -0.352 e. The van der Waals surface area contributed by atoms with Crippen molar-refractivity contribution in [3.8, 4) is 0 Å². The molecule has 0 spiro atoms. The summed E-state index contributed by atoms with van der Waals surface area (Å²) >= 11 is 0. The fraction of sp³-hybridized carbons (Fsp3) is 0.933. The molecule has 3 rings (SSSR count). The Bertz CT molecular complexity index is 306. The Hall–Kier alpha value is -0.570. The van der Waals surface area contributed by atoms with Crippen LogP contribution in [-0.2, 0) is 4.79 Å². The van der Waals surface area contributed by atoms with Crippen molar-refractivity contribution in [2.75, 3.05) is 0 Å². The van der Waals surface area contributed by atoms with Crippen LogP contribution in [0.1, 0.15) is 57.8 Å². The van der Waals surface area contributed by atoms with Gasteiger partial charge in [-0.1, -0.05) is 32.1 Å². The zero-order valence-electron chi connectivity index (χ0n) is 11.2. The summed E-state index contributed by atoms with van der Waals surface area (Å²) < 4.78 is 0. The lowest BCUT2D eigenvalue weighted by molar-refractivity contribution is -0.123. The van der Waals surface area contributed by atoms with Crippen LogP contribution in [0.25, 0.3) is 0 Å². The molecule has 0 saturated heterocycles. The molecule has 0 aromatic rings. The van der Waals surface area contributed by atoms with E-state index in [2.05, 4.69) is 5.32 Å². The molecule has 3 saturated carbocycles. The Morgan fingerprint density at radius 1 is 0.889 bits per heavy atom. The number of hydrogen-bond donors (Lipinski definition) is 2. The summed E-state index contributed by atoms with van der Waals surface area (Å²) in [5.74, 6) is 2.07. The SMILES string of the molecule is NC1CCCCCC1NC(=O)C1C2CCCCC21. The van der Waals surface area contributed by atoms with Crippen molar-refractivity contribution in [2.24, 2.45) is 23.5 Å². The summed E-state index contributed by atoms with van der Waals surface area (Å²) in [4.78, 5) is 12.3. The minimum atomic E-state index is 0.178. The van der Waals surface area contributed by atoms with E-state index in [-0.39, 0.29) is 12.1 Å². The maximum Gasteiger partial charge on any atom is 0.223 e. The molecule has 4 atom stereocenters. The Balaban J connectivity index is 1.54. The first-order chi connectivity index (χ1) is 8.77. The largest absolute Gasteiger partial charge is 0.352 e. The van der Waals surface area contributed by atoms with Crippen LogP contribution in [0.15, 0.2) is 0 Å². The zero-order chi connectivity index (χ0) is 12.5. The van der Waals surface area contributed by atoms with Crippen LogP contribution in [0, 0.1) is 17.8 Å². The Kier molecular flexibility index (Phi) is 3.60. The van der Waals surface area contributed by atoms with Gasteiger partial charge in [-0.2, -0.15) is 0 Å². The van der Waals surface area contributed by atoms with E-state index in [1.54, 1.807) is 0 Å². The van der Waals surface area contributed by atoms with Crippen molar-refractivity contribution in [1.29, 1.82) is 0 Å². The third kappa shape index (κ3) is 2.42. The van der Waals surface area contributed by atoms with Crippen LogP contribution in [-0.4, -0.2) is 18.0 Å². The van der Waals surface area contributed by atoms with Crippen molar-refractivity contribution < 1.29 is 4.79 Å². The second-order valence-corrected chi connectivity index (χ2v) is 6.55. The van der Waals surface area contributed by atoms with Crippen LogP contribution in [0.5, 0.6) is 0 Å². The van der Waals surface area contributed by atoms with Gasteiger partial charge in [0.2, 0.25) is 5.91 Å². The van der Waals surface area contributed by atoms with Crippen LogP contribution in [0.2, 0.25) is 0 Å². The molecule has 4 unspecified atom stereocenters. The van der Waals surface area contributed by atoms with Gasteiger partial charge in [0, 0.05) is 18.0 Å². The predicted octanol–water partition coefficient (Wildman–Crippen LogP) is 2.20. The van der Waals surface area contributed by atoms with Crippen molar-refractivity contribution in [3.05, 3.63) is 0 Å². The first-order valence-electron chi connectivity index (χ1n) is 7.83. The fourth-order valence-electron chi connectivity index (χ4n) is 4.18. The quantitative estimate of drug-likeness (QED) is 0.738. The standard InChI is InChI=1S/C15H26N2O/c16-12-8-2-1-3-9-13(12)17-15(18)14-10-6-4-5-7-11(10)14/h10-14H,1-9,16H2,(H,17,18). The number of carbonyl (C=O) groups excluding carboxylic acids is 1. The first kappa shape index (κ1) is 12.5. The van der Waals surface area contributed by atoms with Gasteiger partial charge in [-0.05, 0) is 37.5 Å². The van der Waals surface area contributed by atoms with Crippen molar-refractivity contribution >= 4 is 5.91 Å². The van der Waals surface area contributed by atoms with Crippen LogP contribution >= 0.6 is 0 Å². The molecule has 0 aromatic carbocycles. The fourth-order valence-corrected chi connectivity index (χ4v) is 4.18. The second kappa shape index (κ2) is 5.20. The topological polar surface area (TPSA) is 55.1 Å². The Labute approximate surface area is 110 Å². The van der Waals surface area contributed by atoms with Crippen LogP contribution in [0.4, 0.5) is 0 Å². The molecule has 3 N–H and O–H groups in total. The van der Waals surface area contributed by atoms with E-state index in [0.717, 1.165) is 12.8 Å². The minimum absolute atomic E-state index is 0.178. The average molecular weight is 250 g/mol. The Morgan fingerprint density at radius 2 is 1.50 bits per heavy atom. The highest BCUT2D eigenvalue weighted by Gasteiger charge is 2.54. The molecular formula is C15H26N2O. The highest BCUT2D eigenvalue weighted by molar-refractivity contribution is 5.82. The molecule has 102 valence electrons. The zero-order valence-corrected chi connectivity index (χ0v) is 11.2. The second-order valence-electron chi connectivity index (χ2n) is 6.55. The number of amides is 1. The maximum absolute atomic E-state index is 12.3. The highest BCUT2D eigenvalue weighted by atomic mass is 16.2. The summed E-state index contributed by atoms with van der Waals surface area (Å²) in [7, 11) is 0. The number of carbonyl (C=O) groups is 1. The van der Waals surface area contributed by atoms with Gasteiger partial charge in [0.05, 0.1) is 0 Å². The van der Waals surface area contributed by atoms with E-state index in [9.17, 15) is 4.79 Å². The van der Waals surface area contributed by atoms with Gasteiger partial charge in [-0.3, -0.25) is 4.79 Å². The number of fused-ring (bicyclic) bond motifs is 1. The van der Waals surface area contributed by atoms with Gasteiger partial charge >= 0.3 is 0 Å². The lowest BCUT2D eigenvalue weighted by atomic mass is 10.0. The molecule has 0 heterocycles. The normalized spacial score (nSPS) is 43.7. The van der Waals surface area contributed by atoms with Gasteiger partial charge in [0.1, 0.15) is 0 Å². The van der Waals surface area contributed by atoms with E-state index < -0.39 is 0 Å². The third-order valence-corrected chi connectivity index (χ3v) is 5.36. The molecule has 3 aliphatic carbocycles. The smallest absolute Gasteiger partial charge is 0.223 e. The molecule has 3 aliphatic rings. The number of rotatable bonds is 2. The van der Waals surface area contributed by atoms with E-state index in [1.807, 2.05) is 0 Å². The molecule has 18 heavy (non-hydrogen) atoms. The number of nitrogens with one attached hydrogen (secondary N) is 1. The van der Waals surface area contributed by atoms with E-state index in [4.69, 9.17) is 5.73 Å². The Morgan fingerprint density at radius 3 is 2.22 bits per heavy atom. The van der Waals surface area contributed by atoms with Crippen molar-refractivity contribution in [1.82, 2.24) is 5.32 Å². The van der Waals surface area contributed by atoms with Gasteiger partial charge < -0.3 is 11.1 Å². The highest BCUT2D eigenvalue weighted by Crippen LogP contribution is 2.55. The van der Waals surface area contributed by atoms with Crippen molar-refractivity contribution in [3.63, 3.8) is 0 Å². The summed E-state index contributed by atoms with van der Waals surface area (Å²) in [5, 5.41) is 3.26. The molecule has 1 amide bonds. The van der Waals surface area contributed by atoms with E-state index in [1.165, 1.54) is 44.9 Å². The number of nitrogens with two attached hydrogens (primary N) is 1. The van der Waals surface area contributed by atoms with Gasteiger partial charge in [-0.25, -0.2) is 0 Å². The lowest BCUT2D eigenvalue weighted by Crippen LogP contribution is -2.47. The first-order valence-corrected chi connectivity index (χ1v) is 7.83. The van der Waals surface area contributed by atoms with Gasteiger partial charge in [0.15, 0.2) is 0 Å². The van der Waals surface area contributed by atoms with Crippen LogP contribution < -0.4 is 11.1 Å². The molecule has 0 radical (unpaired) electrons.